The molecule has 4 nitrogen and oxygen atoms in total. The second-order valence-corrected chi connectivity index (χ2v) is 8.38. The zero-order valence-corrected chi connectivity index (χ0v) is 14.2. The van der Waals surface area contributed by atoms with E-state index in [0.717, 1.165) is 35.7 Å². The first kappa shape index (κ1) is 15.9. The molecule has 0 aromatic heterocycles. The Balaban J connectivity index is 2.27. The fourth-order valence-electron chi connectivity index (χ4n) is 2.67. The van der Waals surface area contributed by atoms with E-state index in [-0.39, 0.29) is 12.1 Å². The molecule has 2 rings (SSSR count). The third kappa shape index (κ3) is 3.24. The number of hydrogen-bond acceptors (Lipinski definition) is 3. The third-order valence-corrected chi connectivity index (χ3v) is 6.61. The van der Waals surface area contributed by atoms with Crippen LogP contribution < -0.4 is 5.73 Å². The topological polar surface area (TPSA) is 63.4 Å². The van der Waals surface area contributed by atoms with Gasteiger partial charge in [-0.15, -0.1) is 0 Å². The van der Waals surface area contributed by atoms with Gasteiger partial charge in [0.05, 0.1) is 4.90 Å². The smallest absolute Gasteiger partial charge is 0.243 e. The van der Waals surface area contributed by atoms with Crippen LogP contribution in [0, 0.1) is 6.92 Å². The minimum absolute atomic E-state index is 0.0539. The van der Waals surface area contributed by atoms with E-state index in [4.69, 9.17) is 5.73 Å². The van der Waals surface area contributed by atoms with Gasteiger partial charge in [-0.05, 0) is 50.3 Å². The van der Waals surface area contributed by atoms with E-state index in [1.54, 1.807) is 13.1 Å². The van der Waals surface area contributed by atoms with Crippen molar-refractivity contribution in [2.45, 2.75) is 49.6 Å². The van der Waals surface area contributed by atoms with Crippen molar-refractivity contribution in [3.05, 3.63) is 28.2 Å². The summed E-state index contributed by atoms with van der Waals surface area (Å²) in [7, 11) is -1.77. The first-order chi connectivity index (χ1) is 9.32. The quantitative estimate of drug-likeness (QED) is 0.900. The van der Waals surface area contributed by atoms with Gasteiger partial charge in [-0.2, -0.15) is 4.31 Å². The molecule has 1 saturated carbocycles. The van der Waals surface area contributed by atoms with Crippen molar-refractivity contribution in [2.24, 2.45) is 5.73 Å². The molecule has 0 bridgehead atoms. The van der Waals surface area contributed by atoms with E-state index in [1.165, 1.54) is 4.31 Å². The number of halogens is 1. The summed E-state index contributed by atoms with van der Waals surface area (Å²) in [5, 5.41) is 0. The molecule has 0 saturated heterocycles. The Morgan fingerprint density at radius 3 is 2.45 bits per heavy atom. The Morgan fingerprint density at radius 2 is 1.85 bits per heavy atom. The minimum atomic E-state index is -3.45. The molecule has 0 amide bonds. The summed E-state index contributed by atoms with van der Waals surface area (Å²) in [6.45, 7) is 1.82. The van der Waals surface area contributed by atoms with Crippen LogP contribution in [0.1, 0.15) is 31.2 Å². The van der Waals surface area contributed by atoms with Crippen LogP contribution in [0.4, 0.5) is 0 Å². The van der Waals surface area contributed by atoms with Crippen LogP contribution in [0.3, 0.4) is 0 Å². The maximum absolute atomic E-state index is 12.8. The number of rotatable bonds is 3. The third-order valence-electron chi connectivity index (χ3n) is 4.06. The number of nitrogens with two attached hydrogens (primary N) is 1. The van der Waals surface area contributed by atoms with Crippen molar-refractivity contribution in [1.82, 2.24) is 4.31 Å². The highest BCUT2D eigenvalue weighted by Crippen LogP contribution is 2.28. The Bertz CT molecular complexity index is 581. The van der Waals surface area contributed by atoms with Crippen molar-refractivity contribution in [1.29, 1.82) is 0 Å². The number of nitrogens with zero attached hydrogens (tertiary/aromatic N) is 1. The SMILES string of the molecule is Cc1ccc(Br)cc1S(=O)(=O)N(C)C1CCC(N)CC1. The van der Waals surface area contributed by atoms with Crippen molar-refractivity contribution < 1.29 is 8.42 Å². The second kappa shape index (κ2) is 6.13. The molecular formula is C14H21BrN2O2S. The van der Waals surface area contributed by atoms with Gasteiger partial charge in [0.2, 0.25) is 10.0 Å². The normalized spacial score (nSPS) is 24.1. The van der Waals surface area contributed by atoms with E-state index < -0.39 is 10.0 Å². The summed E-state index contributed by atoms with van der Waals surface area (Å²) in [5.74, 6) is 0. The van der Waals surface area contributed by atoms with Gasteiger partial charge in [0.15, 0.2) is 0 Å². The molecule has 0 aliphatic heterocycles. The fraction of sp³-hybridized carbons (Fsp3) is 0.571. The first-order valence-electron chi connectivity index (χ1n) is 6.82. The van der Waals surface area contributed by atoms with E-state index in [2.05, 4.69) is 15.9 Å². The van der Waals surface area contributed by atoms with Gasteiger partial charge in [-0.3, -0.25) is 0 Å². The summed E-state index contributed by atoms with van der Waals surface area (Å²) < 4.78 is 27.8. The zero-order chi connectivity index (χ0) is 14.9. The molecular weight excluding hydrogens is 340 g/mol. The van der Waals surface area contributed by atoms with Crippen LogP contribution in [0.25, 0.3) is 0 Å². The first-order valence-corrected chi connectivity index (χ1v) is 9.05. The Labute approximate surface area is 129 Å². The Kier molecular flexibility index (Phi) is 4.89. The molecule has 112 valence electrons. The van der Waals surface area contributed by atoms with Crippen molar-refractivity contribution >= 4 is 26.0 Å². The van der Waals surface area contributed by atoms with Crippen LogP contribution >= 0.6 is 15.9 Å². The molecule has 2 N–H and O–H groups in total. The number of aryl methyl sites for hydroxylation is 1. The van der Waals surface area contributed by atoms with Gasteiger partial charge in [0.1, 0.15) is 0 Å². The van der Waals surface area contributed by atoms with Crippen LogP contribution in [0.5, 0.6) is 0 Å². The molecule has 0 spiro atoms. The Morgan fingerprint density at radius 1 is 1.25 bits per heavy atom. The fourth-order valence-corrected chi connectivity index (χ4v) is 4.85. The average molecular weight is 361 g/mol. The highest BCUT2D eigenvalue weighted by atomic mass is 79.9. The standard InChI is InChI=1S/C14H21BrN2O2S/c1-10-3-4-11(15)9-14(10)20(18,19)17(2)13-7-5-12(16)6-8-13/h3-4,9,12-13H,5-8,16H2,1-2H3. The average Bonchev–Trinajstić information content (AvgIpc) is 2.41. The van der Waals surface area contributed by atoms with Gasteiger partial charge in [0, 0.05) is 23.6 Å². The number of sulfonamides is 1. The van der Waals surface area contributed by atoms with Gasteiger partial charge in [0.25, 0.3) is 0 Å². The summed E-state index contributed by atoms with van der Waals surface area (Å²) >= 11 is 3.34. The predicted molar refractivity (Wildman–Crippen MR) is 84.1 cm³/mol. The molecule has 0 radical (unpaired) electrons. The highest BCUT2D eigenvalue weighted by molar-refractivity contribution is 9.10. The molecule has 1 aliphatic rings. The van der Waals surface area contributed by atoms with Crippen molar-refractivity contribution in [2.75, 3.05) is 7.05 Å². The lowest BCUT2D eigenvalue weighted by Gasteiger charge is -2.33. The summed E-state index contributed by atoms with van der Waals surface area (Å²) in [5.41, 5.74) is 6.66. The van der Waals surface area contributed by atoms with Gasteiger partial charge >= 0.3 is 0 Å². The van der Waals surface area contributed by atoms with Crippen LogP contribution in [0.15, 0.2) is 27.6 Å². The second-order valence-electron chi connectivity index (χ2n) is 5.50. The van der Waals surface area contributed by atoms with Crippen LogP contribution in [0.2, 0.25) is 0 Å². The molecule has 20 heavy (non-hydrogen) atoms. The summed E-state index contributed by atoms with van der Waals surface area (Å²) in [4.78, 5) is 0.379. The Hall–Kier alpha value is -0.430. The molecule has 1 fully saturated rings. The lowest BCUT2D eigenvalue weighted by molar-refractivity contribution is 0.268. The molecule has 0 atom stereocenters. The van der Waals surface area contributed by atoms with Gasteiger partial charge in [-0.25, -0.2) is 8.42 Å². The van der Waals surface area contributed by atoms with Gasteiger partial charge < -0.3 is 5.73 Å². The maximum Gasteiger partial charge on any atom is 0.243 e. The van der Waals surface area contributed by atoms with Crippen molar-refractivity contribution in [3.63, 3.8) is 0 Å². The van der Waals surface area contributed by atoms with Crippen molar-refractivity contribution in [3.8, 4) is 0 Å². The molecule has 0 unspecified atom stereocenters. The molecule has 6 heteroatoms. The zero-order valence-electron chi connectivity index (χ0n) is 11.8. The highest BCUT2D eigenvalue weighted by Gasteiger charge is 2.31. The number of hydrogen-bond donors (Lipinski definition) is 1. The van der Waals surface area contributed by atoms with E-state index in [9.17, 15) is 8.42 Å². The summed E-state index contributed by atoms with van der Waals surface area (Å²) in [6.07, 6.45) is 3.46. The maximum atomic E-state index is 12.8. The minimum Gasteiger partial charge on any atom is -0.328 e. The van der Waals surface area contributed by atoms with E-state index >= 15 is 0 Å². The summed E-state index contributed by atoms with van der Waals surface area (Å²) in [6, 6.07) is 5.62. The lowest BCUT2D eigenvalue weighted by Crippen LogP contribution is -2.41. The van der Waals surface area contributed by atoms with Crippen LogP contribution in [-0.4, -0.2) is 31.9 Å². The monoisotopic (exact) mass is 360 g/mol. The van der Waals surface area contributed by atoms with E-state index in [1.807, 2.05) is 19.1 Å². The van der Waals surface area contributed by atoms with Gasteiger partial charge in [-0.1, -0.05) is 22.0 Å². The van der Waals surface area contributed by atoms with E-state index in [0.29, 0.717) is 4.90 Å². The number of benzene rings is 1. The molecule has 1 aromatic carbocycles. The lowest BCUT2D eigenvalue weighted by atomic mass is 9.92. The molecule has 1 aromatic rings. The predicted octanol–water partition coefficient (Wildman–Crippen LogP) is 2.65. The molecule has 1 aliphatic carbocycles. The molecule has 0 heterocycles. The largest absolute Gasteiger partial charge is 0.328 e. The van der Waals surface area contributed by atoms with Crippen LogP contribution in [-0.2, 0) is 10.0 Å².